The lowest BCUT2D eigenvalue weighted by Crippen LogP contribution is -2.60. The Balaban J connectivity index is 1.93. The molecule has 118 valence electrons. The third-order valence-corrected chi connectivity index (χ3v) is 6.19. The smallest absolute Gasteiger partial charge is 0.262 e. The van der Waals surface area contributed by atoms with Gasteiger partial charge in [-0.15, -0.1) is 0 Å². The molecule has 1 aromatic rings. The van der Waals surface area contributed by atoms with Gasteiger partial charge in [-0.3, -0.25) is 0 Å². The fraction of sp³-hybridized carbons (Fsp3) is 0.769. The van der Waals surface area contributed by atoms with Crippen molar-refractivity contribution in [1.29, 1.82) is 0 Å². The maximum atomic E-state index is 12.9. The molecule has 2 fully saturated rings. The number of sulfonamides is 1. The first-order valence-corrected chi connectivity index (χ1v) is 8.65. The number of nitrogens with zero attached hydrogens (tertiary/aromatic N) is 4. The van der Waals surface area contributed by atoms with Crippen LogP contribution in [0, 0.1) is 6.92 Å². The summed E-state index contributed by atoms with van der Waals surface area (Å²) in [5.74, 6) is 0.694. The number of hydrogen-bond acceptors (Lipinski definition) is 5. The molecular formula is C13H22N4O3S. The molecule has 0 radical (unpaired) electrons. The monoisotopic (exact) mass is 314 g/mol. The van der Waals surface area contributed by atoms with Crippen LogP contribution in [0.15, 0.2) is 11.2 Å². The van der Waals surface area contributed by atoms with Crippen molar-refractivity contribution >= 4 is 10.0 Å². The lowest BCUT2D eigenvalue weighted by molar-refractivity contribution is -0.0720. The quantitative estimate of drug-likeness (QED) is 0.758. The van der Waals surface area contributed by atoms with Gasteiger partial charge in [-0.05, 0) is 20.4 Å². The molecular weight excluding hydrogens is 292 g/mol. The van der Waals surface area contributed by atoms with Gasteiger partial charge in [-0.2, -0.15) is 4.31 Å². The summed E-state index contributed by atoms with van der Waals surface area (Å²) in [4.78, 5) is 6.35. The molecule has 3 rings (SSSR count). The number of ether oxygens (including phenoxy) is 1. The first kappa shape index (κ1) is 15.0. The van der Waals surface area contributed by atoms with E-state index in [0.717, 1.165) is 13.0 Å². The molecule has 0 unspecified atom stereocenters. The van der Waals surface area contributed by atoms with Crippen LogP contribution in [0.1, 0.15) is 12.2 Å². The first-order valence-electron chi connectivity index (χ1n) is 7.21. The van der Waals surface area contributed by atoms with Crippen LogP contribution in [0.3, 0.4) is 0 Å². The second-order valence-electron chi connectivity index (χ2n) is 5.88. The second kappa shape index (κ2) is 5.35. The summed E-state index contributed by atoms with van der Waals surface area (Å²) in [5, 5.41) is 0.136. The van der Waals surface area contributed by atoms with Gasteiger partial charge < -0.3 is 14.2 Å². The van der Waals surface area contributed by atoms with E-state index in [1.165, 1.54) is 0 Å². The minimum Gasteiger partial charge on any atom is -0.375 e. The summed E-state index contributed by atoms with van der Waals surface area (Å²) in [7, 11) is 0.255. The summed E-state index contributed by atoms with van der Waals surface area (Å²) in [6.07, 6.45) is 2.45. The topological polar surface area (TPSA) is 67.7 Å². The van der Waals surface area contributed by atoms with Gasteiger partial charge in [0.15, 0.2) is 5.03 Å². The van der Waals surface area contributed by atoms with E-state index in [-0.39, 0.29) is 17.2 Å². The maximum absolute atomic E-state index is 12.9. The van der Waals surface area contributed by atoms with Crippen molar-refractivity contribution < 1.29 is 13.2 Å². The third-order valence-electron chi connectivity index (χ3n) is 4.40. The van der Waals surface area contributed by atoms with Crippen molar-refractivity contribution in [3.8, 4) is 0 Å². The average molecular weight is 314 g/mol. The molecule has 2 atom stereocenters. The summed E-state index contributed by atoms with van der Waals surface area (Å²) < 4.78 is 34.9. The Bertz CT molecular complexity index is 608. The van der Waals surface area contributed by atoms with Crippen LogP contribution in [0.25, 0.3) is 0 Å². The number of rotatable bonds is 2. The van der Waals surface area contributed by atoms with E-state index in [1.54, 1.807) is 29.0 Å². The third kappa shape index (κ3) is 2.61. The molecule has 7 nitrogen and oxygen atoms in total. The highest BCUT2D eigenvalue weighted by Crippen LogP contribution is 2.27. The van der Waals surface area contributed by atoms with Crippen LogP contribution < -0.4 is 0 Å². The standard InChI is InChI=1S/C13H22N4O3S/c1-10-14-13(9-16(10)3)21(18,19)17-6-7-20-12-4-5-15(2)8-11(12)17/h9,11-12H,4-8H2,1-3H3/t11-,12+/m1/s1. The zero-order valence-electron chi connectivity index (χ0n) is 12.7. The fourth-order valence-corrected chi connectivity index (χ4v) is 4.72. The molecule has 1 aromatic heterocycles. The summed E-state index contributed by atoms with van der Waals surface area (Å²) in [6.45, 7) is 4.30. The van der Waals surface area contributed by atoms with Crippen LogP contribution in [0.4, 0.5) is 0 Å². The van der Waals surface area contributed by atoms with Crippen molar-refractivity contribution in [1.82, 2.24) is 18.8 Å². The number of likely N-dealkylation sites (tertiary alicyclic amines) is 1. The highest BCUT2D eigenvalue weighted by molar-refractivity contribution is 7.89. The molecule has 0 aliphatic carbocycles. The molecule has 3 heterocycles. The number of aromatic nitrogens is 2. The highest BCUT2D eigenvalue weighted by Gasteiger charge is 2.43. The molecule has 2 aliphatic rings. The predicted octanol–water partition coefficient (Wildman–Crippen LogP) is -0.178. The van der Waals surface area contributed by atoms with Gasteiger partial charge in [0.2, 0.25) is 0 Å². The van der Waals surface area contributed by atoms with Gasteiger partial charge >= 0.3 is 0 Å². The lowest BCUT2D eigenvalue weighted by atomic mass is 10.0. The van der Waals surface area contributed by atoms with Crippen LogP contribution in [-0.4, -0.2) is 72.6 Å². The molecule has 2 saturated heterocycles. The number of aryl methyl sites for hydroxylation is 2. The maximum Gasteiger partial charge on any atom is 0.262 e. The minimum atomic E-state index is -3.56. The zero-order valence-corrected chi connectivity index (χ0v) is 13.5. The largest absolute Gasteiger partial charge is 0.375 e. The van der Waals surface area contributed by atoms with Crippen molar-refractivity contribution in [2.75, 3.05) is 33.3 Å². The van der Waals surface area contributed by atoms with Crippen LogP contribution >= 0.6 is 0 Å². The van der Waals surface area contributed by atoms with Crippen LogP contribution in [0.2, 0.25) is 0 Å². The van der Waals surface area contributed by atoms with Gasteiger partial charge in [-0.25, -0.2) is 13.4 Å². The number of likely N-dealkylation sites (N-methyl/N-ethyl adjacent to an activating group) is 1. The van der Waals surface area contributed by atoms with E-state index in [9.17, 15) is 8.42 Å². The molecule has 21 heavy (non-hydrogen) atoms. The van der Waals surface area contributed by atoms with Crippen molar-refractivity contribution in [2.24, 2.45) is 7.05 Å². The normalized spacial score (nSPS) is 28.5. The van der Waals surface area contributed by atoms with E-state index < -0.39 is 10.0 Å². The number of hydrogen-bond donors (Lipinski definition) is 0. The van der Waals surface area contributed by atoms with E-state index in [2.05, 4.69) is 9.88 Å². The molecule has 0 N–H and O–H groups in total. The molecule has 0 spiro atoms. The summed E-state index contributed by atoms with van der Waals surface area (Å²) >= 11 is 0. The number of morpholine rings is 1. The van der Waals surface area contributed by atoms with Crippen molar-refractivity contribution in [3.05, 3.63) is 12.0 Å². The van der Waals surface area contributed by atoms with Gasteiger partial charge in [0.1, 0.15) is 5.82 Å². The Morgan fingerprint density at radius 1 is 1.33 bits per heavy atom. The Morgan fingerprint density at radius 2 is 2.10 bits per heavy atom. The Hall–Kier alpha value is -0.960. The van der Waals surface area contributed by atoms with E-state index >= 15 is 0 Å². The van der Waals surface area contributed by atoms with Crippen LogP contribution in [0.5, 0.6) is 0 Å². The SMILES string of the molecule is Cc1nc(S(=O)(=O)N2CCO[C@H]3CCN(C)C[C@H]32)cn1C. The first-order chi connectivity index (χ1) is 9.89. The Morgan fingerprint density at radius 3 is 2.76 bits per heavy atom. The molecule has 0 aromatic carbocycles. The van der Waals surface area contributed by atoms with Crippen molar-refractivity contribution in [2.45, 2.75) is 30.5 Å². The minimum absolute atomic E-state index is 0.00506. The molecule has 2 aliphatic heterocycles. The molecule has 0 bridgehead atoms. The summed E-state index contributed by atoms with van der Waals surface area (Å²) in [5.41, 5.74) is 0. The van der Waals surface area contributed by atoms with Gasteiger partial charge in [-0.1, -0.05) is 0 Å². The Kier molecular flexibility index (Phi) is 3.81. The van der Waals surface area contributed by atoms with E-state index in [1.807, 2.05) is 7.05 Å². The van der Waals surface area contributed by atoms with E-state index in [4.69, 9.17) is 4.74 Å². The molecule has 0 amide bonds. The summed E-state index contributed by atoms with van der Waals surface area (Å²) in [6, 6.07) is -0.121. The highest BCUT2D eigenvalue weighted by atomic mass is 32.2. The number of fused-ring (bicyclic) bond motifs is 1. The average Bonchev–Trinajstić information content (AvgIpc) is 2.78. The number of piperidine rings is 1. The van der Waals surface area contributed by atoms with Crippen LogP contribution in [-0.2, 0) is 21.8 Å². The Labute approximate surface area is 125 Å². The van der Waals surface area contributed by atoms with Crippen molar-refractivity contribution in [3.63, 3.8) is 0 Å². The molecule has 8 heteroatoms. The van der Waals surface area contributed by atoms with Gasteiger partial charge in [0.25, 0.3) is 10.0 Å². The zero-order chi connectivity index (χ0) is 15.2. The van der Waals surface area contributed by atoms with Gasteiger partial charge in [0, 0.05) is 32.9 Å². The number of imidazole rings is 1. The predicted molar refractivity (Wildman–Crippen MR) is 77.5 cm³/mol. The lowest BCUT2D eigenvalue weighted by Gasteiger charge is -2.45. The second-order valence-corrected chi connectivity index (χ2v) is 7.72. The van der Waals surface area contributed by atoms with E-state index in [0.29, 0.717) is 25.5 Å². The fourth-order valence-electron chi connectivity index (χ4n) is 3.07. The molecule has 0 saturated carbocycles. The van der Waals surface area contributed by atoms with Gasteiger partial charge in [0.05, 0.1) is 18.8 Å².